The van der Waals surface area contributed by atoms with Gasteiger partial charge < -0.3 is 38.1 Å². The van der Waals surface area contributed by atoms with E-state index in [1.807, 2.05) is 0 Å². The molecule has 0 aromatic rings. The standard InChI is InChI=1S/C54H103NO11/c1-6-11-14-17-20-21-22-24-29-33-42-60-50(56)37-31-26-25-27-32-38-51(57)64-46-49(48-66-54(59)63-45-36-41-55(9-4)10-5)47-65-52(58)39-40-53(61-43-34-28-19-16-13-8-3)62-44-35-30-23-18-15-12-7-2/h49,53H,6-48H2,1-5H3. The molecule has 0 amide bonds. The number of unbranched alkanes of at least 4 members (excludes halogenated alkanes) is 24. The first kappa shape index (κ1) is 63.6. The van der Waals surface area contributed by atoms with Crippen molar-refractivity contribution in [3.05, 3.63) is 0 Å². The van der Waals surface area contributed by atoms with Gasteiger partial charge in [-0.15, -0.1) is 0 Å². The Hall–Kier alpha value is -2.44. The van der Waals surface area contributed by atoms with Crippen LogP contribution in [0.5, 0.6) is 0 Å². The molecule has 0 aliphatic carbocycles. The highest BCUT2D eigenvalue weighted by atomic mass is 16.7. The average Bonchev–Trinajstić information content (AvgIpc) is 3.32. The molecule has 0 aliphatic heterocycles. The van der Waals surface area contributed by atoms with E-state index in [4.69, 9.17) is 33.2 Å². The third-order valence-electron chi connectivity index (χ3n) is 12.1. The van der Waals surface area contributed by atoms with Gasteiger partial charge in [0, 0.05) is 39.0 Å². The highest BCUT2D eigenvalue weighted by Crippen LogP contribution is 2.15. The van der Waals surface area contributed by atoms with E-state index in [0.29, 0.717) is 45.5 Å². The summed E-state index contributed by atoms with van der Waals surface area (Å²) in [7, 11) is 0. The van der Waals surface area contributed by atoms with Gasteiger partial charge in [0.25, 0.3) is 0 Å². The topological polar surface area (TPSA) is 136 Å². The molecule has 0 spiro atoms. The zero-order valence-electron chi connectivity index (χ0n) is 43.5. The lowest BCUT2D eigenvalue weighted by Crippen LogP contribution is -2.28. The van der Waals surface area contributed by atoms with E-state index >= 15 is 0 Å². The summed E-state index contributed by atoms with van der Waals surface area (Å²) >= 11 is 0. The van der Waals surface area contributed by atoms with E-state index in [9.17, 15) is 19.2 Å². The predicted molar refractivity (Wildman–Crippen MR) is 267 cm³/mol. The minimum absolute atomic E-state index is 0.0614. The van der Waals surface area contributed by atoms with Crippen molar-refractivity contribution >= 4 is 24.1 Å². The summed E-state index contributed by atoms with van der Waals surface area (Å²) in [6.45, 7) is 15.2. The van der Waals surface area contributed by atoms with Crippen LogP contribution >= 0.6 is 0 Å². The van der Waals surface area contributed by atoms with Crippen molar-refractivity contribution in [2.24, 2.45) is 5.92 Å². The molecule has 12 nitrogen and oxygen atoms in total. The van der Waals surface area contributed by atoms with Crippen LogP contribution in [0, 0.1) is 5.92 Å². The van der Waals surface area contributed by atoms with E-state index in [-0.39, 0.29) is 51.2 Å². The molecule has 0 aliphatic rings. The second-order valence-electron chi connectivity index (χ2n) is 18.3. The fraction of sp³-hybridized carbons (Fsp3) is 0.926. The first-order chi connectivity index (χ1) is 32.3. The van der Waals surface area contributed by atoms with Crippen molar-refractivity contribution in [3.8, 4) is 0 Å². The average molecular weight is 942 g/mol. The Balaban J connectivity index is 4.75. The van der Waals surface area contributed by atoms with Gasteiger partial charge in [-0.2, -0.15) is 0 Å². The fourth-order valence-corrected chi connectivity index (χ4v) is 7.66. The second kappa shape index (κ2) is 50.4. The molecule has 0 fully saturated rings. The van der Waals surface area contributed by atoms with Crippen LogP contribution in [0.1, 0.15) is 247 Å². The number of esters is 3. The Labute approximate surface area is 404 Å². The third-order valence-corrected chi connectivity index (χ3v) is 12.1. The van der Waals surface area contributed by atoms with Gasteiger partial charge >= 0.3 is 24.1 Å². The predicted octanol–water partition coefficient (Wildman–Crippen LogP) is 14.0. The number of ether oxygens (including phenoxy) is 7. The van der Waals surface area contributed by atoms with Crippen LogP contribution in [0.15, 0.2) is 0 Å². The van der Waals surface area contributed by atoms with Crippen LogP contribution in [0.25, 0.3) is 0 Å². The quantitative estimate of drug-likeness (QED) is 0.0248. The zero-order chi connectivity index (χ0) is 48.4. The Kier molecular flexibility index (Phi) is 48.6. The van der Waals surface area contributed by atoms with E-state index < -0.39 is 24.3 Å². The maximum Gasteiger partial charge on any atom is 0.508 e. The third kappa shape index (κ3) is 45.3. The lowest BCUT2D eigenvalue weighted by Gasteiger charge is -2.20. The highest BCUT2D eigenvalue weighted by Gasteiger charge is 2.20. The van der Waals surface area contributed by atoms with E-state index in [0.717, 1.165) is 83.8 Å². The van der Waals surface area contributed by atoms with Crippen molar-refractivity contribution in [2.45, 2.75) is 253 Å². The van der Waals surface area contributed by atoms with Gasteiger partial charge in [0.05, 0.1) is 25.6 Å². The molecular formula is C54H103NO11. The van der Waals surface area contributed by atoms with Crippen molar-refractivity contribution in [2.75, 3.05) is 65.9 Å². The Bertz CT molecular complexity index is 1090. The maximum atomic E-state index is 13.0. The van der Waals surface area contributed by atoms with Crippen molar-refractivity contribution in [3.63, 3.8) is 0 Å². The summed E-state index contributed by atoms with van der Waals surface area (Å²) in [5, 5.41) is 0. The largest absolute Gasteiger partial charge is 0.508 e. The molecule has 0 bridgehead atoms. The molecular weight excluding hydrogens is 839 g/mol. The molecule has 0 N–H and O–H groups in total. The summed E-state index contributed by atoms with van der Waals surface area (Å²) in [4.78, 5) is 52.5. The van der Waals surface area contributed by atoms with Gasteiger partial charge in [-0.3, -0.25) is 14.4 Å². The summed E-state index contributed by atoms with van der Waals surface area (Å²) in [5.74, 6) is -1.45. The number of carbonyl (C=O) groups is 4. The van der Waals surface area contributed by atoms with Gasteiger partial charge in [0.15, 0.2) is 6.29 Å². The molecule has 0 heterocycles. The van der Waals surface area contributed by atoms with Crippen LogP contribution in [-0.4, -0.2) is 101 Å². The van der Waals surface area contributed by atoms with E-state index in [1.165, 1.54) is 109 Å². The Morgan fingerprint density at radius 2 is 0.727 bits per heavy atom. The van der Waals surface area contributed by atoms with E-state index in [2.05, 4.69) is 39.5 Å². The van der Waals surface area contributed by atoms with E-state index in [1.54, 1.807) is 0 Å². The monoisotopic (exact) mass is 942 g/mol. The molecule has 0 aromatic carbocycles. The molecule has 0 rings (SSSR count). The summed E-state index contributed by atoms with van der Waals surface area (Å²) in [6.07, 6.45) is 32.5. The molecule has 66 heavy (non-hydrogen) atoms. The SMILES string of the molecule is CCCCCCCCCCCCOC(=O)CCCCCCCC(=O)OCC(COC(=O)CCC(OCCCCCCCC)OCCCCCCCCC)COC(=O)OCCCN(CC)CC. The normalized spacial score (nSPS) is 12.3. The van der Waals surface area contributed by atoms with Crippen LogP contribution < -0.4 is 0 Å². The zero-order valence-corrected chi connectivity index (χ0v) is 43.5. The Morgan fingerprint density at radius 1 is 0.364 bits per heavy atom. The minimum atomic E-state index is -0.803. The lowest BCUT2D eigenvalue weighted by atomic mass is 10.1. The molecule has 390 valence electrons. The number of rotatable bonds is 51. The number of hydrogen-bond donors (Lipinski definition) is 0. The van der Waals surface area contributed by atoms with Crippen LogP contribution in [0.4, 0.5) is 4.79 Å². The van der Waals surface area contributed by atoms with Crippen molar-refractivity contribution < 1.29 is 52.3 Å². The number of carbonyl (C=O) groups excluding carboxylic acids is 4. The van der Waals surface area contributed by atoms with Gasteiger partial charge in [0.1, 0.15) is 19.8 Å². The van der Waals surface area contributed by atoms with Gasteiger partial charge in [-0.05, 0) is 51.6 Å². The lowest BCUT2D eigenvalue weighted by molar-refractivity contribution is -0.161. The maximum absolute atomic E-state index is 13.0. The molecule has 0 aromatic heterocycles. The van der Waals surface area contributed by atoms with Crippen LogP contribution in [0.3, 0.4) is 0 Å². The molecule has 0 saturated heterocycles. The first-order valence-corrected chi connectivity index (χ1v) is 27.5. The summed E-state index contributed by atoms with van der Waals surface area (Å²) in [6, 6.07) is 0. The molecule has 0 saturated carbocycles. The Morgan fingerprint density at radius 3 is 1.18 bits per heavy atom. The second-order valence-corrected chi connectivity index (χ2v) is 18.3. The highest BCUT2D eigenvalue weighted by molar-refractivity contribution is 5.70. The molecule has 0 radical (unpaired) electrons. The first-order valence-electron chi connectivity index (χ1n) is 27.5. The van der Waals surface area contributed by atoms with Crippen molar-refractivity contribution in [1.29, 1.82) is 0 Å². The fourth-order valence-electron chi connectivity index (χ4n) is 7.66. The summed E-state index contributed by atoms with van der Waals surface area (Å²) in [5.41, 5.74) is 0. The number of hydrogen-bond acceptors (Lipinski definition) is 12. The van der Waals surface area contributed by atoms with Crippen molar-refractivity contribution in [1.82, 2.24) is 4.90 Å². The summed E-state index contributed by atoms with van der Waals surface area (Å²) < 4.78 is 39.5. The molecule has 2 unspecified atom stereocenters. The van der Waals surface area contributed by atoms with Crippen LogP contribution in [0.2, 0.25) is 0 Å². The van der Waals surface area contributed by atoms with Crippen LogP contribution in [-0.2, 0) is 47.5 Å². The minimum Gasteiger partial charge on any atom is -0.466 e. The molecule has 12 heteroatoms. The molecule has 2 atom stereocenters. The van der Waals surface area contributed by atoms with Gasteiger partial charge in [-0.25, -0.2) is 4.79 Å². The van der Waals surface area contributed by atoms with Gasteiger partial charge in [0.2, 0.25) is 0 Å². The van der Waals surface area contributed by atoms with Gasteiger partial charge in [-0.1, -0.05) is 182 Å². The smallest absolute Gasteiger partial charge is 0.466 e. The number of nitrogens with zero attached hydrogens (tertiary/aromatic N) is 1.